The summed E-state index contributed by atoms with van der Waals surface area (Å²) in [7, 11) is 0. The van der Waals surface area contributed by atoms with Gasteiger partial charge in [-0.25, -0.2) is 18.9 Å². The fraction of sp³-hybridized carbons (Fsp3) is 0.263. The van der Waals surface area contributed by atoms with Gasteiger partial charge in [-0.1, -0.05) is 24.3 Å². The highest BCUT2D eigenvalue weighted by Crippen LogP contribution is 2.32. The molecule has 130 valence electrons. The molecule has 4 aromatic rings. The average Bonchev–Trinajstić information content (AvgIpc) is 3.31. The topological polar surface area (TPSA) is 60.9 Å². The number of hydrogen-bond acceptors (Lipinski definition) is 4. The van der Waals surface area contributed by atoms with Gasteiger partial charge in [-0.3, -0.25) is 4.98 Å². The van der Waals surface area contributed by atoms with Crippen molar-refractivity contribution in [1.29, 1.82) is 0 Å². The van der Waals surface area contributed by atoms with Crippen LogP contribution in [-0.4, -0.2) is 29.1 Å². The van der Waals surface area contributed by atoms with Crippen molar-refractivity contribution in [3.63, 3.8) is 0 Å². The zero-order valence-corrected chi connectivity index (χ0v) is 14.5. The van der Waals surface area contributed by atoms with E-state index in [9.17, 15) is 4.39 Å². The van der Waals surface area contributed by atoms with Crippen molar-refractivity contribution in [3.8, 4) is 11.4 Å². The second-order valence-electron chi connectivity index (χ2n) is 6.70. The van der Waals surface area contributed by atoms with Gasteiger partial charge in [0.2, 0.25) is 0 Å². The Bertz CT molecular complexity index is 1100. The predicted molar refractivity (Wildman–Crippen MR) is 94.6 cm³/mol. The minimum Gasteiger partial charge on any atom is -0.326 e. The summed E-state index contributed by atoms with van der Waals surface area (Å²) in [6.07, 6.45) is 2.49. The van der Waals surface area contributed by atoms with Gasteiger partial charge in [-0.05, 0) is 19.4 Å². The van der Waals surface area contributed by atoms with Crippen LogP contribution in [-0.2, 0) is 13.0 Å². The van der Waals surface area contributed by atoms with Crippen LogP contribution in [0, 0.1) is 13.8 Å². The summed E-state index contributed by atoms with van der Waals surface area (Å²) >= 11 is 0. The SMILES string of the molecule is Cc1ncc(C)n2nc([C@@H](F)Cc3cn4c(n3)-c3ccccc3C4)nc12. The summed E-state index contributed by atoms with van der Waals surface area (Å²) in [5.41, 5.74) is 5.25. The first-order chi connectivity index (χ1) is 12.6. The molecule has 3 aromatic heterocycles. The maximum atomic E-state index is 14.9. The monoisotopic (exact) mass is 348 g/mol. The molecule has 0 aliphatic carbocycles. The molecule has 0 unspecified atom stereocenters. The minimum atomic E-state index is -1.31. The lowest BCUT2D eigenvalue weighted by atomic mass is 10.1. The first kappa shape index (κ1) is 15.2. The maximum absolute atomic E-state index is 14.9. The third kappa shape index (κ3) is 2.23. The van der Waals surface area contributed by atoms with Crippen molar-refractivity contribution in [2.24, 2.45) is 0 Å². The summed E-state index contributed by atoms with van der Waals surface area (Å²) in [4.78, 5) is 13.2. The van der Waals surface area contributed by atoms with Crippen LogP contribution >= 0.6 is 0 Å². The van der Waals surface area contributed by atoms with E-state index in [2.05, 4.69) is 36.8 Å². The zero-order chi connectivity index (χ0) is 17.8. The summed E-state index contributed by atoms with van der Waals surface area (Å²) < 4.78 is 18.6. The molecule has 0 spiro atoms. The zero-order valence-electron chi connectivity index (χ0n) is 14.5. The highest BCUT2D eigenvalue weighted by Gasteiger charge is 2.24. The lowest BCUT2D eigenvalue weighted by molar-refractivity contribution is 0.324. The number of fused-ring (bicyclic) bond motifs is 4. The summed E-state index contributed by atoms with van der Waals surface area (Å²) in [6, 6.07) is 8.18. The van der Waals surface area contributed by atoms with Crippen LogP contribution in [0.4, 0.5) is 4.39 Å². The molecule has 7 heteroatoms. The Morgan fingerprint density at radius 1 is 1.19 bits per heavy atom. The number of benzene rings is 1. The lowest BCUT2D eigenvalue weighted by Gasteiger charge is -2.01. The van der Waals surface area contributed by atoms with E-state index in [0.29, 0.717) is 11.3 Å². The normalized spacial score (nSPS) is 13.8. The number of halogens is 1. The third-order valence-electron chi connectivity index (χ3n) is 4.82. The van der Waals surface area contributed by atoms with Crippen LogP contribution in [0.2, 0.25) is 0 Å². The van der Waals surface area contributed by atoms with Gasteiger partial charge < -0.3 is 4.57 Å². The van der Waals surface area contributed by atoms with Gasteiger partial charge >= 0.3 is 0 Å². The fourth-order valence-corrected chi connectivity index (χ4v) is 3.48. The molecule has 1 atom stereocenters. The summed E-state index contributed by atoms with van der Waals surface area (Å²) in [5, 5.41) is 4.32. The van der Waals surface area contributed by atoms with E-state index in [4.69, 9.17) is 0 Å². The van der Waals surface area contributed by atoms with E-state index in [1.165, 1.54) is 5.56 Å². The number of nitrogens with zero attached hydrogens (tertiary/aromatic N) is 6. The van der Waals surface area contributed by atoms with Crippen LogP contribution in [0.25, 0.3) is 17.0 Å². The van der Waals surface area contributed by atoms with Crippen molar-refractivity contribution >= 4 is 5.65 Å². The smallest absolute Gasteiger partial charge is 0.186 e. The van der Waals surface area contributed by atoms with E-state index in [1.807, 2.05) is 32.2 Å². The molecule has 0 saturated heterocycles. The van der Waals surface area contributed by atoms with E-state index >= 15 is 0 Å². The quantitative estimate of drug-likeness (QED) is 0.502. The number of hydrogen-bond donors (Lipinski definition) is 0. The molecule has 0 fully saturated rings. The fourth-order valence-electron chi connectivity index (χ4n) is 3.48. The Morgan fingerprint density at radius 3 is 2.88 bits per heavy atom. The van der Waals surface area contributed by atoms with E-state index in [1.54, 1.807) is 10.7 Å². The molecular formula is C19H17FN6. The molecule has 26 heavy (non-hydrogen) atoms. The van der Waals surface area contributed by atoms with E-state index in [0.717, 1.165) is 29.3 Å². The second kappa shape index (κ2) is 5.45. The first-order valence-electron chi connectivity index (χ1n) is 8.57. The highest BCUT2D eigenvalue weighted by atomic mass is 19.1. The van der Waals surface area contributed by atoms with Crippen molar-refractivity contribution < 1.29 is 4.39 Å². The molecule has 0 bridgehead atoms. The molecule has 1 aromatic carbocycles. The van der Waals surface area contributed by atoms with Gasteiger partial charge in [0.1, 0.15) is 5.82 Å². The van der Waals surface area contributed by atoms with Crippen LogP contribution in [0.1, 0.15) is 34.6 Å². The van der Waals surface area contributed by atoms with Crippen molar-refractivity contribution in [2.75, 3.05) is 0 Å². The Labute approximate surface area is 149 Å². The first-order valence-corrected chi connectivity index (χ1v) is 8.57. The predicted octanol–water partition coefficient (Wildman–Crippen LogP) is 3.22. The molecule has 1 aliphatic rings. The number of imidazole rings is 1. The highest BCUT2D eigenvalue weighted by molar-refractivity contribution is 5.65. The van der Waals surface area contributed by atoms with Crippen molar-refractivity contribution in [2.45, 2.75) is 33.0 Å². The maximum Gasteiger partial charge on any atom is 0.186 e. The van der Waals surface area contributed by atoms with E-state index < -0.39 is 6.17 Å². The van der Waals surface area contributed by atoms with Gasteiger partial charge in [0.05, 0.1) is 17.1 Å². The summed E-state index contributed by atoms with van der Waals surface area (Å²) in [5.74, 6) is 1.08. The molecule has 0 saturated carbocycles. The van der Waals surface area contributed by atoms with Gasteiger partial charge in [-0.15, -0.1) is 5.10 Å². The molecule has 0 N–H and O–H groups in total. The standard InChI is InChI=1S/C19H17FN6/c1-11-8-21-12(2)18-23-17(24-26(11)18)16(20)7-14-10-25-9-13-5-3-4-6-15(13)19(25)22-14/h3-6,8,10,16H,7,9H2,1-2H3/t16-/m0/s1. The van der Waals surface area contributed by atoms with Crippen LogP contribution in [0.5, 0.6) is 0 Å². The molecule has 4 heterocycles. The third-order valence-corrected chi connectivity index (χ3v) is 4.82. The average molecular weight is 348 g/mol. The van der Waals surface area contributed by atoms with E-state index in [-0.39, 0.29) is 12.2 Å². The van der Waals surface area contributed by atoms with Gasteiger partial charge in [0.25, 0.3) is 0 Å². The number of rotatable bonds is 3. The van der Waals surface area contributed by atoms with Crippen LogP contribution < -0.4 is 0 Å². The Kier molecular flexibility index (Phi) is 3.19. The summed E-state index contributed by atoms with van der Waals surface area (Å²) in [6.45, 7) is 4.51. The molecule has 0 amide bonds. The van der Waals surface area contributed by atoms with Gasteiger partial charge in [0.15, 0.2) is 17.6 Å². The minimum absolute atomic E-state index is 0.157. The second-order valence-corrected chi connectivity index (χ2v) is 6.70. The number of aromatic nitrogens is 6. The van der Waals surface area contributed by atoms with Gasteiger partial charge in [0, 0.05) is 30.9 Å². The van der Waals surface area contributed by atoms with Crippen LogP contribution in [0.3, 0.4) is 0 Å². The molecule has 5 rings (SSSR count). The number of alkyl halides is 1. The Hall–Kier alpha value is -3.09. The van der Waals surface area contributed by atoms with Crippen LogP contribution in [0.15, 0.2) is 36.7 Å². The Balaban J connectivity index is 1.45. The number of aryl methyl sites for hydroxylation is 2. The largest absolute Gasteiger partial charge is 0.326 e. The molecular weight excluding hydrogens is 331 g/mol. The lowest BCUT2D eigenvalue weighted by Crippen LogP contribution is -2.01. The van der Waals surface area contributed by atoms with Gasteiger partial charge in [-0.2, -0.15) is 0 Å². The van der Waals surface area contributed by atoms with Crippen molar-refractivity contribution in [3.05, 3.63) is 65.1 Å². The molecule has 6 nitrogen and oxygen atoms in total. The molecule has 0 radical (unpaired) electrons. The van der Waals surface area contributed by atoms with Crippen molar-refractivity contribution in [1.82, 2.24) is 29.1 Å². The Morgan fingerprint density at radius 2 is 2.04 bits per heavy atom. The molecule has 1 aliphatic heterocycles.